The summed E-state index contributed by atoms with van der Waals surface area (Å²) in [7, 11) is 0. The third kappa shape index (κ3) is 1.09. The van der Waals surface area contributed by atoms with Crippen LogP contribution in [0.5, 0.6) is 5.75 Å². The molecule has 0 aliphatic rings. The van der Waals surface area contributed by atoms with Crippen molar-refractivity contribution in [3.8, 4) is 17.1 Å². The van der Waals surface area contributed by atoms with Gasteiger partial charge in [-0.25, -0.2) is 0 Å². The van der Waals surface area contributed by atoms with E-state index in [1.165, 1.54) is 12.3 Å². The highest BCUT2D eigenvalue weighted by Gasteiger charge is 2.02. The van der Waals surface area contributed by atoms with Gasteiger partial charge in [-0.15, -0.1) is 10.2 Å². The van der Waals surface area contributed by atoms with Crippen LogP contribution in [0.15, 0.2) is 18.5 Å². The van der Waals surface area contributed by atoms with Gasteiger partial charge in [0.1, 0.15) is 5.75 Å². The number of H-pyrrole nitrogens is 1. The quantitative estimate of drug-likeness (QED) is 0.616. The van der Waals surface area contributed by atoms with Crippen LogP contribution in [0.1, 0.15) is 0 Å². The minimum absolute atomic E-state index is 0.0808. The predicted molar refractivity (Wildman–Crippen MR) is 39.1 cm³/mol. The smallest absolute Gasteiger partial charge is 0.206 e. The van der Waals surface area contributed by atoms with Crippen LogP contribution in [-0.2, 0) is 0 Å². The van der Waals surface area contributed by atoms with Crippen molar-refractivity contribution < 1.29 is 5.11 Å². The molecule has 2 heterocycles. The van der Waals surface area contributed by atoms with Gasteiger partial charge in [0.25, 0.3) is 0 Å². The van der Waals surface area contributed by atoms with Crippen LogP contribution in [0.3, 0.4) is 0 Å². The Labute approximate surface area is 67.3 Å². The molecule has 60 valence electrons. The highest BCUT2D eigenvalue weighted by molar-refractivity contribution is 5.53. The molecular formula is C6H5N5O. The number of tetrazole rings is 1. The molecule has 0 aromatic carbocycles. The Bertz CT molecular complexity index is 371. The van der Waals surface area contributed by atoms with E-state index in [0.717, 1.165) is 0 Å². The van der Waals surface area contributed by atoms with Crippen LogP contribution >= 0.6 is 0 Å². The van der Waals surface area contributed by atoms with E-state index in [-0.39, 0.29) is 5.75 Å². The molecule has 0 fully saturated rings. The van der Waals surface area contributed by atoms with Crippen molar-refractivity contribution in [2.24, 2.45) is 0 Å². The van der Waals surface area contributed by atoms with Crippen LogP contribution in [-0.4, -0.2) is 30.7 Å². The normalized spacial score (nSPS) is 10.0. The molecule has 12 heavy (non-hydrogen) atoms. The number of hydrogen-bond acceptors (Lipinski definition) is 5. The standard InChI is InChI=1S/C6H5N5O/c12-5-1-4(2-7-3-5)6-8-10-11-9-6/h1-3,12H,(H,8,9,10,11). The van der Waals surface area contributed by atoms with E-state index < -0.39 is 0 Å². The van der Waals surface area contributed by atoms with Gasteiger partial charge in [-0.3, -0.25) is 4.98 Å². The molecule has 0 aliphatic carbocycles. The summed E-state index contributed by atoms with van der Waals surface area (Å²) in [5, 5.41) is 22.2. The number of hydrogen-bond donors (Lipinski definition) is 2. The molecule has 0 aliphatic heterocycles. The molecule has 0 spiro atoms. The van der Waals surface area contributed by atoms with Crippen LogP contribution in [0, 0.1) is 0 Å². The number of nitrogens with zero attached hydrogens (tertiary/aromatic N) is 4. The molecule has 0 amide bonds. The van der Waals surface area contributed by atoms with E-state index in [1.807, 2.05) is 0 Å². The Kier molecular flexibility index (Phi) is 1.44. The summed E-state index contributed by atoms with van der Waals surface area (Å²) in [6.45, 7) is 0. The first kappa shape index (κ1) is 6.71. The number of aromatic hydroxyl groups is 1. The summed E-state index contributed by atoms with van der Waals surface area (Å²) in [6.07, 6.45) is 2.88. The van der Waals surface area contributed by atoms with Crippen LogP contribution in [0.2, 0.25) is 0 Å². The minimum atomic E-state index is 0.0808. The maximum Gasteiger partial charge on any atom is 0.206 e. The van der Waals surface area contributed by atoms with Crippen molar-refractivity contribution in [1.82, 2.24) is 25.6 Å². The monoisotopic (exact) mass is 163 g/mol. The second-order valence-electron chi connectivity index (χ2n) is 2.17. The van der Waals surface area contributed by atoms with Gasteiger partial charge >= 0.3 is 0 Å². The fraction of sp³-hybridized carbons (Fsp3) is 0. The van der Waals surface area contributed by atoms with Gasteiger partial charge in [0.15, 0.2) is 0 Å². The zero-order valence-electron chi connectivity index (χ0n) is 5.97. The average molecular weight is 163 g/mol. The van der Waals surface area contributed by atoms with Gasteiger partial charge in [-0.05, 0) is 11.3 Å². The van der Waals surface area contributed by atoms with Gasteiger partial charge < -0.3 is 5.11 Å². The predicted octanol–water partition coefficient (Wildman–Crippen LogP) is -0.0327. The molecule has 0 bridgehead atoms. The molecule has 6 heteroatoms. The fourth-order valence-electron chi connectivity index (χ4n) is 0.834. The van der Waals surface area contributed by atoms with Gasteiger partial charge in [0, 0.05) is 11.8 Å². The molecule has 2 N–H and O–H groups in total. The number of rotatable bonds is 1. The van der Waals surface area contributed by atoms with Gasteiger partial charge in [-0.2, -0.15) is 5.21 Å². The molecule has 2 aromatic heterocycles. The SMILES string of the molecule is Oc1cncc(-c2nn[nH]n2)c1. The number of aromatic nitrogens is 5. The topological polar surface area (TPSA) is 87.6 Å². The zero-order chi connectivity index (χ0) is 8.39. The first-order chi connectivity index (χ1) is 5.86. The Morgan fingerprint density at radius 3 is 2.92 bits per heavy atom. The van der Waals surface area contributed by atoms with E-state index in [1.54, 1.807) is 6.20 Å². The second-order valence-corrected chi connectivity index (χ2v) is 2.17. The first-order valence-corrected chi connectivity index (χ1v) is 3.24. The van der Waals surface area contributed by atoms with Crippen LogP contribution in [0.4, 0.5) is 0 Å². The van der Waals surface area contributed by atoms with Gasteiger partial charge in [0.2, 0.25) is 5.82 Å². The van der Waals surface area contributed by atoms with E-state index in [9.17, 15) is 0 Å². The highest BCUT2D eigenvalue weighted by atomic mass is 16.3. The molecule has 0 atom stereocenters. The lowest BCUT2D eigenvalue weighted by atomic mass is 10.3. The highest BCUT2D eigenvalue weighted by Crippen LogP contribution is 2.16. The van der Waals surface area contributed by atoms with E-state index in [4.69, 9.17) is 5.11 Å². The summed E-state index contributed by atoms with van der Waals surface area (Å²) in [4.78, 5) is 3.77. The second kappa shape index (κ2) is 2.57. The lowest BCUT2D eigenvalue weighted by molar-refractivity contribution is 0.473. The van der Waals surface area contributed by atoms with E-state index in [0.29, 0.717) is 11.4 Å². The number of nitrogens with one attached hydrogen (secondary N) is 1. The van der Waals surface area contributed by atoms with Gasteiger partial charge in [-0.1, -0.05) is 0 Å². The minimum Gasteiger partial charge on any atom is -0.506 e. The largest absolute Gasteiger partial charge is 0.506 e. The third-order valence-corrected chi connectivity index (χ3v) is 1.33. The molecule has 0 saturated heterocycles. The van der Waals surface area contributed by atoms with Gasteiger partial charge in [0.05, 0.1) is 6.20 Å². The molecular weight excluding hydrogens is 158 g/mol. The van der Waals surface area contributed by atoms with E-state index >= 15 is 0 Å². The Morgan fingerprint density at radius 1 is 1.33 bits per heavy atom. The first-order valence-electron chi connectivity index (χ1n) is 3.24. The van der Waals surface area contributed by atoms with Crippen molar-refractivity contribution in [3.05, 3.63) is 18.5 Å². The van der Waals surface area contributed by atoms with Crippen LogP contribution < -0.4 is 0 Å². The Morgan fingerprint density at radius 2 is 2.25 bits per heavy atom. The summed E-state index contributed by atoms with van der Waals surface area (Å²) in [5.74, 6) is 0.496. The summed E-state index contributed by atoms with van der Waals surface area (Å²) in [5.41, 5.74) is 0.628. The molecule has 0 saturated carbocycles. The lowest BCUT2D eigenvalue weighted by Gasteiger charge is -1.92. The molecule has 6 nitrogen and oxygen atoms in total. The summed E-state index contributed by atoms with van der Waals surface area (Å²) in [6, 6.07) is 1.51. The molecule has 2 aromatic rings. The molecule has 2 rings (SSSR count). The number of pyridine rings is 1. The van der Waals surface area contributed by atoms with Crippen molar-refractivity contribution in [3.63, 3.8) is 0 Å². The fourth-order valence-corrected chi connectivity index (χ4v) is 0.834. The van der Waals surface area contributed by atoms with Crippen molar-refractivity contribution in [2.45, 2.75) is 0 Å². The van der Waals surface area contributed by atoms with E-state index in [2.05, 4.69) is 25.6 Å². The van der Waals surface area contributed by atoms with Crippen LogP contribution in [0.25, 0.3) is 11.4 Å². The summed E-state index contributed by atoms with van der Waals surface area (Å²) < 4.78 is 0. The number of aromatic amines is 1. The van der Waals surface area contributed by atoms with Crippen molar-refractivity contribution in [1.29, 1.82) is 0 Å². The Hall–Kier alpha value is -1.98. The van der Waals surface area contributed by atoms with Crippen molar-refractivity contribution >= 4 is 0 Å². The molecule has 0 unspecified atom stereocenters. The maximum atomic E-state index is 9.06. The lowest BCUT2D eigenvalue weighted by Crippen LogP contribution is -1.82. The molecule has 0 radical (unpaired) electrons. The van der Waals surface area contributed by atoms with Crippen molar-refractivity contribution in [2.75, 3.05) is 0 Å². The third-order valence-electron chi connectivity index (χ3n) is 1.33. The average Bonchev–Trinajstić information content (AvgIpc) is 2.56. The maximum absolute atomic E-state index is 9.06. The zero-order valence-corrected chi connectivity index (χ0v) is 5.97. The Balaban J connectivity index is 2.48. The summed E-state index contributed by atoms with van der Waals surface area (Å²) >= 11 is 0.